The van der Waals surface area contributed by atoms with Crippen molar-refractivity contribution in [3.63, 3.8) is 0 Å². The largest absolute Gasteiger partial charge is 0.440 e. The zero-order valence-corrected chi connectivity index (χ0v) is 11.9. The Labute approximate surface area is 91.9 Å². The van der Waals surface area contributed by atoms with Crippen molar-refractivity contribution >= 4 is 22.0 Å². The lowest BCUT2D eigenvalue weighted by Gasteiger charge is -2.23. The van der Waals surface area contributed by atoms with Gasteiger partial charge in [-0.3, -0.25) is 0 Å². The maximum absolute atomic E-state index is 12.6. The third-order valence-corrected chi connectivity index (χ3v) is 3.29. The van der Waals surface area contributed by atoms with Crippen molar-refractivity contribution in [2.24, 2.45) is 0 Å². The molecule has 15 heavy (non-hydrogen) atoms. The van der Waals surface area contributed by atoms with Crippen LogP contribution in [0.3, 0.4) is 0 Å². The highest BCUT2D eigenvalue weighted by molar-refractivity contribution is 7.42. The second-order valence-corrected chi connectivity index (χ2v) is 11.7. The first-order chi connectivity index (χ1) is 6.31. The summed E-state index contributed by atoms with van der Waals surface area (Å²) in [5.74, 6) is 0. The monoisotopic (exact) mass is 258 g/mol. The van der Waals surface area contributed by atoms with Crippen molar-refractivity contribution < 1.29 is 17.6 Å². The van der Waals surface area contributed by atoms with Gasteiger partial charge >= 0.3 is 6.18 Å². The first-order valence-electron chi connectivity index (χ1n) is 4.67. The Bertz CT molecular complexity index is 248. The molecule has 0 aromatic rings. The van der Waals surface area contributed by atoms with Crippen LogP contribution >= 0.6 is 8.20 Å². The van der Waals surface area contributed by atoms with Crippen molar-refractivity contribution in [2.45, 2.75) is 51.7 Å². The van der Waals surface area contributed by atoms with Gasteiger partial charge in [-0.15, -0.1) is 0 Å². The van der Waals surface area contributed by atoms with Gasteiger partial charge in [-0.1, -0.05) is 29.0 Å². The Morgan fingerprint density at radius 2 is 1.47 bits per heavy atom. The highest BCUT2D eigenvalue weighted by Crippen LogP contribution is 2.32. The SMILES string of the molecule is CC(C)(C)P=C(O[Si](C)(C)C)C(F)(F)F. The molecule has 0 rings (SSSR count). The van der Waals surface area contributed by atoms with E-state index in [4.69, 9.17) is 4.43 Å². The molecule has 0 saturated heterocycles. The molecular weight excluding hydrogens is 240 g/mol. The van der Waals surface area contributed by atoms with Crippen LogP contribution < -0.4 is 0 Å². The fourth-order valence-electron chi connectivity index (χ4n) is 0.739. The summed E-state index contributed by atoms with van der Waals surface area (Å²) in [4.78, 5) is 0. The molecule has 0 bridgehead atoms. The third kappa shape index (κ3) is 8.00. The molecule has 0 radical (unpaired) electrons. The lowest BCUT2D eigenvalue weighted by Crippen LogP contribution is -2.36. The number of hydrogen-bond acceptors (Lipinski definition) is 1. The summed E-state index contributed by atoms with van der Waals surface area (Å²) < 4.78 is 43.0. The molecule has 0 saturated carbocycles. The summed E-state index contributed by atoms with van der Waals surface area (Å²) in [7, 11) is -1.99. The number of hydrogen-bond donors (Lipinski definition) is 0. The van der Waals surface area contributed by atoms with Gasteiger partial charge in [-0.25, -0.2) is 0 Å². The molecule has 0 aromatic heterocycles. The molecular formula is C9H18F3OPSi. The van der Waals surface area contributed by atoms with Crippen LogP contribution in [0, 0.1) is 0 Å². The zero-order valence-electron chi connectivity index (χ0n) is 9.99. The summed E-state index contributed by atoms with van der Waals surface area (Å²) in [5, 5.41) is -0.440. The summed E-state index contributed by atoms with van der Waals surface area (Å²) >= 11 is 0. The van der Waals surface area contributed by atoms with E-state index >= 15 is 0 Å². The van der Waals surface area contributed by atoms with Crippen LogP contribution in [0.15, 0.2) is 0 Å². The van der Waals surface area contributed by atoms with Crippen LogP contribution in [0.25, 0.3) is 0 Å². The lowest BCUT2D eigenvalue weighted by molar-refractivity contribution is -0.0684. The number of alkyl halides is 3. The molecule has 0 aliphatic carbocycles. The first kappa shape index (κ1) is 15.1. The molecule has 1 nitrogen and oxygen atoms in total. The average Bonchev–Trinajstić information content (AvgIpc) is 1.75. The number of rotatable bonds is 2. The number of halogens is 3. The quantitative estimate of drug-likeness (QED) is 0.530. The second kappa shape index (κ2) is 4.56. The van der Waals surface area contributed by atoms with Crippen molar-refractivity contribution in [2.75, 3.05) is 0 Å². The molecule has 0 aliphatic heterocycles. The zero-order chi connectivity index (χ0) is 12.5. The Kier molecular flexibility index (Phi) is 4.60. The fraction of sp³-hybridized carbons (Fsp3) is 0.889. The van der Waals surface area contributed by atoms with E-state index in [1.807, 2.05) is 0 Å². The molecule has 0 amide bonds. The summed E-state index contributed by atoms with van der Waals surface area (Å²) in [6.07, 6.45) is -4.35. The van der Waals surface area contributed by atoms with Gasteiger partial charge in [0.15, 0.2) is 13.8 Å². The minimum absolute atomic E-state index is 0.201. The molecule has 0 heterocycles. The van der Waals surface area contributed by atoms with Crippen LogP contribution in [0.5, 0.6) is 0 Å². The van der Waals surface area contributed by atoms with Gasteiger partial charge in [0.25, 0.3) is 0 Å². The highest BCUT2D eigenvalue weighted by Gasteiger charge is 2.39. The van der Waals surface area contributed by atoms with Crippen LogP contribution in [0.2, 0.25) is 19.6 Å². The Morgan fingerprint density at radius 3 is 1.67 bits per heavy atom. The van der Waals surface area contributed by atoms with Gasteiger partial charge in [0.1, 0.15) is 0 Å². The normalized spacial score (nSPS) is 15.7. The molecule has 90 valence electrons. The summed E-state index contributed by atoms with van der Waals surface area (Å²) in [6, 6.07) is 0. The summed E-state index contributed by atoms with van der Waals surface area (Å²) in [6.45, 7) is 10.5. The Balaban J connectivity index is 5.02. The lowest BCUT2D eigenvalue weighted by atomic mass is 10.3. The van der Waals surface area contributed by atoms with Gasteiger partial charge in [0, 0.05) is 5.16 Å². The molecule has 0 unspecified atom stereocenters. The highest BCUT2D eigenvalue weighted by atomic mass is 31.1. The van der Waals surface area contributed by atoms with Gasteiger partial charge in [0.05, 0.1) is 0 Å². The molecule has 0 atom stereocenters. The van der Waals surface area contributed by atoms with E-state index in [0.717, 1.165) is 0 Å². The minimum atomic E-state index is -4.35. The van der Waals surface area contributed by atoms with Crippen LogP contribution in [-0.2, 0) is 4.43 Å². The molecule has 6 heteroatoms. The van der Waals surface area contributed by atoms with Crippen molar-refractivity contribution in [1.29, 1.82) is 0 Å². The molecule has 0 fully saturated rings. The van der Waals surface area contributed by atoms with E-state index in [0.29, 0.717) is 0 Å². The van der Waals surface area contributed by atoms with E-state index in [-0.39, 0.29) is 8.20 Å². The van der Waals surface area contributed by atoms with Gasteiger partial charge in [-0.2, -0.15) is 13.2 Å². The maximum Gasteiger partial charge on any atom is 0.440 e. The summed E-state index contributed by atoms with van der Waals surface area (Å²) in [5.41, 5.74) is -0.755. The van der Waals surface area contributed by atoms with E-state index in [1.165, 1.54) is 0 Å². The average molecular weight is 258 g/mol. The third-order valence-electron chi connectivity index (χ3n) is 1.08. The van der Waals surface area contributed by atoms with Crippen molar-refractivity contribution in [1.82, 2.24) is 0 Å². The molecule has 0 aliphatic rings. The smallest absolute Gasteiger partial charge is 0.379 e. The minimum Gasteiger partial charge on any atom is -0.379 e. The first-order valence-corrected chi connectivity index (χ1v) is 8.98. The van der Waals surface area contributed by atoms with Gasteiger partial charge in [-0.05, 0) is 19.6 Å². The topological polar surface area (TPSA) is 9.23 Å². The predicted molar refractivity (Wildman–Crippen MR) is 62.2 cm³/mol. The second-order valence-electron chi connectivity index (χ2n) is 5.30. The molecule has 0 aromatic carbocycles. The Morgan fingerprint density at radius 1 is 1.07 bits per heavy atom. The maximum atomic E-state index is 12.6. The van der Waals surface area contributed by atoms with Gasteiger partial charge in [0.2, 0.25) is 0 Å². The Hall–Kier alpha value is 0.137. The van der Waals surface area contributed by atoms with Crippen molar-refractivity contribution in [3.8, 4) is 0 Å². The fourth-order valence-corrected chi connectivity index (χ4v) is 3.17. The van der Waals surface area contributed by atoms with Crippen LogP contribution in [0.4, 0.5) is 13.2 Å². The molecule has 0 spiro atoms. The van der Waals surface area contributed by atoms with E-state index in [9.17, 15) is 13.2 Å². The van der Waals surface area contributed by atoms with Crippen molar-refractivity contribution in [3.05, 3.63) is 0 Å². The molecule has 0 N–H and O–H groups in total. The predicted octanol–water partition coefficient (Wildman–Crippen LogP) is 4.27. The van der Waals surface area contributed by atoms with Crippen LogP contribution in [0.1, 0.15) is 20.8 Å². The van der Waals surface area contributed by atoms with E-state index in [2.05, 4.69) is 0 Å². The van der Waals surface area contributed by atoms with Crippen LogP contribution in [-0.4, -0.2) is 25.1 Å². The van der Waals surface area contributed by atoms with Gasteiger partial charge < -0.3 is 4.43 Å². The standard InChI is InChI=1S/C9H18F3OPSi/c1-8(2,3)14-7(9(10,11)12)13-15(4,5)6/h1-6H3. The van der Waals surface area contributed by atoms with E-state index < -0.39 is 25.1 Å². The van der Waals surface area contributed by atoms with E-state index in [1.54, 1.807) is 40.4 Å².